The number of carbonyl (C=O) groups is 2. The number of thiophene rings is 1. The molecule has 2 heterocycles. The predicted molar refractivity (Wildman–Crippen MR) is 105 cm³/mol. The maximum absolute atomic E-state index is 12.5. The molecule has 0 aliphatic rings. The molecule has 3 aromatic rings. The standard InChI is InChI=1S/C18H17ClN2O3S2/c1-3-11(17(23)24-4-2)21-12-7-5-6-8-13(12)26-18(21)20-16(22)14-9-10-15(19)25-14/h5-11H,3-4H2,1-2H3/b20-18+. The Bertz CT molecular complexity index is 1020. The number of carbonyl (C=O) groups excluding carboxylic acids is 2. The van der Waals surface area contributed by atoms with E-state index in [2.05, 4.69) is 4.99 Å². The van der Waals surface area contributed by atoms with Crippen molar-refractivity contribution in [1.82, 2.24) is 4.57 Å². The molecule has 0 spiro atoms. The number of amides is 1. The minimum atomic E-state index is -0.537. The van der Waals surface area contributed by atoms with Gasteiger partial charge in [-0.1, -0.05) is 42.0 Å². The number of fused-ring (bicyclic) bond motifs is 1. The molecular weight excluding hydrogens is 392 g/mol. The minimum Gasteiger partial charge on any atom is -0.464 e. The molecule has 1 atom stereocenters. The summed E-state index contributed by atoms with van der Waals surface area (Å²) in [7, 11) is 0. The second-order valence-electron chi connectivity index (χ2n) is 5.42. The average molecular weight is 409 g/mol. The van der Waals surface area contributed by atoms with Crippen LogP contribution in [0.5, 0.6) is 0 Å². The van der Waals surface area contributed by atoms with E-state index in [9.17, 15) is 9.59 Å². The Balaban J connectivity index is 2.17. The van der Waals surface area contributed by atoms with Crippen molar-refractivity contribution in [1.29, 1.82) is 0 Å². The number of nitrogens with zero attached hydrogens (tertiary/aromatic N) is 2. The summed E-state index contributed by atoms with van der Waals surface area (Å²) in [6.45, 7) is 3.99. The molecule has 8 heteroatoms. The van der Waals surface area contributed by atoms with Crippen molar-refractivity contribution in [2.75, 3.05) is 6.61 Å². The normalized spacial score (nSPS) is 13.1. The summed E-state index contributed by atoms with van der Waals surface area (Å²) < 4.78 is 8.50. The fourth-order valence-corrected chi connectivity index (χ4v) is 4.63. The summed E-state index contributed by atoms with van der Waals surface area (Å²) in [4.78, 5) is 30.2. The van der Waals surface area contributed by atoms with Crippen LogP contribution in [0.1, 0.15) is 36.0 Å². The van der Waals surface area contributed by atoms with Crippen LogP contribution in [0, 0.1) is 0 Å². The van der Waals surface area contributed by atoms with E-state index in [1.807, 2.05) is 31.2 Å². The second-order valence-corrected chi connectivity index (χ2v) is 8.14. The lowest BCUT2D eigenvalue weighted by molar-refractivity contribution is -0.147. The molecule has 0 N–H and O–H groups in total. The second kappa shape index (κ2) is 8.16. The molecule has 1 unspecified atom stereocenters. The molecule has 0 aliphatic carbocycles. The Morgan fingerprint density at radius 1 is 1.19 bits per heavy atom. The van der Waals surface area contributed by atoms with Crippen LogP contribution >= 0.6 is 34.3 Å². The summed E-state index contributed by atoms with van der Waals surface area (Å²) in [5, 5.41) is 0. The minimum absolute atomic E-state index is 0.303. The van der Waals surface area contributed by atoms with E-state index in [0.29, 0.717) is 27.0 Å². The first-order chi connectivity index (χ1) is 12.5. The molecule has 0 radical (unpaired) electrons. The van der Waals surface area contributed by atoms with E-state index in [-0.39, 0.29) is 11.9 Å². The van der Waals surface area contributed by atoms with Crippen molar-refractivity contribution in [3.63, 3.8) is 0 Å². The fraction of sp³-hybridized carbons (Fsp3) is 0.278. The highest BCUT2D eigenvalue weighted by Crippen LogP contribution is 2.25. The Labute approximate surface area is 163 Å². The lowest BCUT2D eigenvalue weighted by atomic mass is 10.2. The van der Waals surface area contributed by atoms with Crippen LogP contribution in [-0.2, 0) is 9.53 Å². The third-order valence-corrected chi connectivity index (χ3v) is 6.03. The van der Waals surface area contributed by atoms with Gasteiger partial charge in [-0.3, -0.25) is 4.79 Å². The number of benzene rings is 1. The molecule has 26 heavy (non-hydrogen) atoms. The van der Waals surface area contributed by atoms with E-state index in [1.54, 1.807) is 23.6 Å². The Kier molecular flexibility index (Phi) is 5.90. The first kappa shape index (κ1) is 18.8. The van der Waals surface area contributed by atoms with Crippen LogP contribution in [0.4, 0.5) is 0 Å². The van der Waals surface area contributed by atoms with Crippen molar-refractivity contribution in [2.45, 2.75) is 26.3 Å². The highest BCUT2D eigenvalue weighted by Gasteiger charge is 2.24. The van der Waals surface area contributed by atoms with Crippen LogP contribution in [0.15, 0.2) is 41.4 Å². The lowest BCUT2D eigenvalue weighted by Crippen LogP contribution is -2.29. The van der Waals surface area contributed by atoms with Gasteiger partial charge in [-0.25, -0.2) is 4.79 Å². The largest absolute Gasteiger partial charge is 0.464 e. The molecule has 0 bridgehead atoms. The molecule has 1 amide bonds. The van der Waals surface area contributed by atoms with E-state index >= 15 is 0 Å². The van der Waals surface area contributed by atoms with Gasteiger partial charge < -0.3 is 9.30 Å². The van der Waals surface area contributed by atoms with Crippen molar-refractivity contribution < 1.29 is 14.3 Å². The number of hydrogen-bond acceptors (Lipinski definition) is 5. The van der Waals surface area contributed by atoms with Gasteiger partial charge in [-0.15, -0.1) is 11.3 Å². The maximum atomic E-state index is 12.5. The molecule has 5 nitrogen and oxygen atoms in total. The van der Waals surface area contributed by atoms with Gasteiger partial charge in [0.15, 0.2) is 4.80 Å². The quantitative estimate of drug-likeness (QED) is 0.576. The smallest absolute Gasteiger partial charge is 0.329 e. The van der Waals surface area contributed by atoms with Crippen molar-refractivity contribution >= 4 is 56.4 Å². The van der Waals surface area contributed by atoms with Crippen molar-refractivity contribution in [3.8, 4) is 0 Å². The molecule has 0 saturated heterocycles. The lowest BCUT2D eigenvalue weighted by Gasteiger charge is -2.16. The number of para-hydroxylation sites is 1. The Morgan fingerprint density at radius 3 is 2.62 bits per heavy atom. The summed E-state index contributed by atoms with van der Waals surface area (Å²) in [6, 6.07) is 10.5. The zero-order valence-electron chi connectivity index (χ0n) is 14.3. The topological polar surface area (TPSA) is 60.7 Å². The molecule has 2 aromatic heterocycles. The van der Waals surface area contributed by atoms with Crippen molar-refractivity contribution in [3.05, 3.63) is 50.4 Å². The van der Waals surface area contributed by atoms with E-state index < -0.39 is 6.04 Å². The first-order valence-corrected chi connectivity index (χ1v) is 10.2. The monoisotopic (exact) mass is 408 g/mol. The fourth-order valence-electron chi connectivity index (χ4n) is 2.64. The summed E-state index contributed by atoms with van der Waals surface area (Å²) in [6.07, 6.45) is 0.534. The Hall–Kier alpha value is -1.96. The highest BCUT2D eigenvalue weighted by atomic mass is 35.5. The molecular formula is C18H17ClN2O3S2. The predicted octanol–water partition coefficient (Wildman–Crippen LogP) is 4.67. The van der Waals surface area contributed by atoms with E-state index in [0.717, 1.165) is 10.2 Å². The third-order valence-electron chi connectivity index (χ3n) is 3.77. The van der Waals surface area contributed by atoms with Crippen molar-refractivity contribution in [2.24, 2.45) is 4.99 Å². The first-order valence-electron chi connectivity index (χ1n) is 8.16. The Morgan fingerprint density at radius 2 is 1.96 bits per heavy atom. The van der Waals surface area contributed by atoms with Gasteiger partial charge in [-0.2, -0.15) is 4.99 Å². The molecule has 0 saturated carbocycles. The highest BCUT2D eigenvalue weighted by molar-refractivity contribution is 7.18. The molecule has 0 aliphatic heterocycles. The molecule has 0 fully saturated rings. The zero-order valence-corrected chi connectivity index (χ0v) is 16.7. The van der Waals surface area contributed by atoms with Gasteiger partial charge in [0.05, 0.1) is 26.0 Å². The van der Waals surface area contributed by atoms with E-state index in [1.165, 1.54) is 22.7 Å². The number of halogens is 1. The van der Waals surface area contributed by atoms with Crippen LogP contribution in [0.25, 0.3) is 10.2 Å². The van der Waals surface area contributed by atoms with Crippen LogP contribution < -0.4 is 4.80 Å². The van der Waals surface area contributed by atoms with E-state index in [4.69, 9.17) is 16.3 Å². The van der Waals surface area contributed by atoms with Gasteiger partial charge in [0, 0.05) is 0 Å². The van der Waals surface area contributed by atoms with Gasteiger partial charge in [0.25, 0.3) is 5.91 Å². The van der Waals surface area contributed by atoms with Crippen LogP contribution in [0.3, 0.4) is 0 Å². The van der Waals surface area contributed by atoms with Crippen LogP contribution in [-0.4, -0.2) is 23.1 Å². The van der Waals surface area contributed by atoms with Gasteiger partial charge in [-0.05, 0) is 37.6 Å². The van der Waals surface area contributed by atoms with Crippen LogP contribution in [0.2, 0.25) is 4.34 Å². The third kappa shape index (κ3) is 3.75. The number of ether oxygens (including phenoxy) is 1. The number of thiazole rings is 1. The van der Waals surface area contributed by atoms with Gasteiger partial charge >= 0.3 is 5.97 Å². The molecule has 3 rings (SSSR count). The SMILES string of the molecule is CCOC(=O)C(CC)n1/c(=N\C(=O)c2ccc(Cl)s2)sc2ccccc21. The molecule has 136 valence electrons. The maximum Gasteiger partial charge on any atom is 0.329 e. The average Bonchev–Trinajstić information content (AvgIpc) is 3.20. The summed E-state index contributed by atoms with van der Waals surface area (Å²) in [5.41, 5.74) is 0.855. The number of aromatic nitrogens is 1. The zero-order chi connectivity index (χ0) is 18.7. The van der Waals surface area contributed by atoms with Gasteiger partial charge in [0.1, 0.15) is 6.04 Å². The van der Waals surface area contributed by atoms with Gasteiger partial charge in [0.2, 0.25) is 0 Å². The summed E-state index contributed by atoms with van der Waals surface area (Å²) >= 11 is 8.47. The number of esters is 1. The molecule has 1 aromatic carbocycles. The summed E-state index contributed by atoms with van der Waals surface area (Å²) in [5.74, 6) is -0.701. The number of rotatable bonds is 5. The number of hydrogen-bond donors (Lipinski definition) is 0.